The van der Waals surface area contributed by atoms with E-state index in [0.29, 0.717) is 39.8 Å². The van der Waals surface area contributed by atoms with Crippen molar-refractivity contribution in [1.82, 2.24) is 29.3 Å². The zero-order valence-corrected chi connectivity index (χ0v) is 22.6. The van der Waals surface area contributed by atoms with Crippen molar-refractivity contribution in [1.29, 1.82) is 0 Å². The molecule has 1 aromatic carbocycles. The van der Waals surface area contributed by atoms with Gasteiger partial charge in [-0.1, -0.05) is 23.7 Å². The van der Waals surface area contributed by atoms with E-state index >= 15 is 0 Å². The normalized spacial score (nSPS) is 15.0. The second kappa shape index (κ2) is 9.19. The molecule has 1 unspecified atom stereocenters. The summed E-state index contributed by atoms with van der Waals surface area (Å²) in [6.45, 7) is 6.03. The fourth-order valence-corrected chi connectivity index (χ4v) is 4.95. The van der Waals surface area contributed by atoms with E-state index in [2.05, 4.69) is 33.5 Å². The first-order valence-corrected chi connectivity index (χ1v) is 12.3. The van der Waals surface area contributed by atoms with E-state index in [-0.39, 0.29) is 11.9 Å². The molecule has 37 heavy (non-hydrogen) atoms. The molecule has 0 radical (unpaired) electrons. The molecule has 4 heterocycles. The number of imidazole rings is 1. The third kappa shape index (κ3) is 4.01. The van der Waals surface area contributed by atoms with E-state index < -0.39 is 6.04 Å². The molecule has 1 amide bonds. The van der Waals surface area contributed by atoms with Gasteiger partial charge in [0.05, 0.1) is 24.1 Å². The highest BCUT2D eigenvalue weighted by molar-refractivity contribution is 6.30. The number of amides is 1. The minimum Gasteiger partial charge on any atom is -0.480 e. The molecule has 4 aromatic rings. The summed E-state index contributed by atoms with van der Waals surface area (Å²) in [5.41, 5.74) is 3.51. The first-order valence-electron chi connectivity index (χ1n) is 11.9. The number of carbonyl (C=O) groups is 1. The number of carbonyl (C=O) groups excluding carboxylic acids is 1. The van der Waals surface area contributed by atoms with E-state index in [4.69, 9.17) is 21.3 Å². The quantitative estimate of drug-likeness (QED) is 0.371. The largest absolute Gasteiger partial charge is 0.480 e. The molecular weight excluding hydrogens is 492 g/mol. The fourth-order valence-electron chi connectivity index (χ4n) is 4.82. The van der Waals surface area contributed by atoms with Gasteiger partial charge in [0.2, 0.25) is 11.8 Å². The Balaban J connectivity index is 1.77. The fraction of sp³-hybridized carbons (Fsp3) is 0.346. The van der Waals surface area contributed by atoms with Crippen molar-refractivity contribution < 1.29 is 9.53 Å². The standard InChI is InChI=1S/C26H29ClN8O2/c1-14(2)34-22-20(29-23(34)18-13-28-26(32(4)5)30-24(18)37-7)25(36)35(19-12-15(3)31-33(19)6)21(22)16-8-10-17(27)11-9-16/h8-14,21H,1-7H3. The van der Waals surface area contributed by atoms with Crippen LogP contribution in [0, 0.1) is 6.92 Å². The average molecular weight is 521 g/mol. The highest BCUT2D eigenvalue weighted by Crippen LogP contribution is 2.45. The lowest BCUT2D eigenvalue weighted by Gasteiger charge is -2.28. The minimum absolute atomic E-state index is 0.0275. The molecular formula is C26H29ClN8O2. The van der Waals surface area contributed by atoms with Gasteiger partial charge in [0.1, 0.15) is 17.7 Å². The monoisotopic (exact) mass is 520 g/mol. The number of aryl methyl sites for hydroxylation is 2. The maximum Gasteiger partial charge on any atom is 0.280 e. The van der Waals surface area contributed by atoms with Crippen LogP contribution in [0.15, 0.2) is 36.5 Å². The molecule has 1 atom stereocenters. The molecule has 0 fully saturated rings. The summed E-state index contributed by atoms with van der Waals surface area (Å²) in [6.07, 6.45) is 1.70. The van der Waals surface area contributed by atoms with Crippen molar-refractivity contribution in [2.75, 3.05) is 31.0 Å². The lowest BCUT2D eigenvalue weighted by Crippen LogP contribution is -2.32. The number of hydrogen-bond acceptors (Lipinski definition) is 7. The third-order valence-electron chi connectivity index (χ3n) is 6.39. The zero-order chi connectivity index (χ0) is 26.6. The highest BCUT2D eigenvalue weighted by atomic mass is 35.5. The number of fused-ring (bicyclic) bond motifs is 1. The van der Waals surface area contributed by atoms with Gasteiger partial charge in [-0.2, -0.15) is 10.1 Å². The number of benzene rings is 1. The van der Waals surface area contributed by atoms with Gasteiger partial charge in [-0.25, -0.2) is 9.97 Å². The van der Waals surface area contributed by atoms with Crippen molar-refractivity contribution in [3.63, 3.8) is 0 Å². The first kappa shape index (κ1) is 24.8. The smallest absolute Gasteiger partial charge is 0.280 e. The van der Waals surface area contributed by atoms with Crippen LogP contribution >= 0.6 is 11.6 Å². The molecule has 5 rings (SSSR count). The van der Waals surface area contributed by atoms with Crippen LogP contribution in [-0.2, 0) is 7.05 Å². The van der Waals surface area contributed by atoms with Crippen LogP contribution in [0.2, 0.25) is 5.02 Å². The van der Waals surface area contributed by atoms with E-state index in [1.807, 2.05) is 58.4 Å². The molecule has 192 valence electrons. The van der Waals surface area contributed by atoms with Gasteiger partial charge < -0.3 is 14.2 Å². The number of nitrogens with zero attached hydrogens (tertiary/aromatic N) is 8. The molecule has 0 saturated heterocycles. The van der Waals surface area contributed by atoms with Gasteiger partial charge in [0.25, 0.3) is 5.91 Å². The lowest BCUT2D eigenvalue weighted by molar-refractivity contribution is 0.0988. The topological polar surface area (TPSA) is 94.2 Å². The summed E-state index contributed by atoms with van der Waals surface area (Å²) in [4.78, 5) is 31.5. The van der Waals surface area contributed by atoms with Crippen molar-refractivity contribution in [2.45, 2.75) is 32.9 Å². The summed E-state index contributed by atoms with van der Waals surface area (Å²) in [7, 11) is 7.13. The molecule has 11 heteroatoms. The van der Waals surface area contributed by atoms with Gasteiger partial charge >= 0.3 is 0 Å². The molecule has 3 aromatic heterocycles. The van der Waals surface area contributed by atoms with Crippen LogP contribution in [0.4, 0.5) is 11.8 Å². The predicted octanol–water partition coefficient (Wildman–Crippen LogP) is 4.44. The molecule has 0 N–H and O–H groups in total. The van der Waals surface area contributed by atoms with E-state index in [1.54, 1.807) is 27.8 Å². The maximum atomic E-state index is 14.0. The van der Waals surface area contributed by atoms with Crippen LogP contribution in [0.1, 0.15) is 53.4 Å². The van der Waals surface area contributed by atoms with Crippen LogP contribution < -0.4 is 14.5 Å². The highest BCUT2D eigenvalue weighted by Gasteiger charge is 2.46. The van der Waals surface area contributed by atoms with Crippen molar-refractivity contribution in [3.8, 4) is 17.3 Å². The number of ether oxygens (including phenoxy) is 1. The summed E-state index contributed by atoms with van der Waals surface area (Å²) in [5.74, 6) is 1.97. The second-order valence-electron chi connectivity index (χ2n) is 9.52. The van der Waals surface area contributed by atoms with Gasteiger partial charge in [-0.3, -0.25) is 14.4 Å². The number of hydrogen-bond donors (Lipinski definition) is 0. The summed E-state index contributed by atoms with van der Waals surface area (Å²) < 4.78 is 9.43. The Hall–Kier alpha value is -3.92. The molecule has 10 nitrogen and oxygen atoms in total. The van der Waals surface area contributed by atoms with Crippen LogP contribution in [0.5, 0.6) is 5.88 Å². The van der Waals surface area contributed by atoms with E-state index in [0.717, 1.165) is 17.0 Å². The van der Waals surface area contributed by atoms with Gasteiger partial charge in [-0.05, 0) is 38.5 Å². The zero-order valence-electron chi connectivity index (χ0n) is 21.9. The Bertz CT molecular complexity index is 1490. The van der Waals surface area contributed by atoms with Crippen molar-refractivity contribution in [2.24, 2.45) is 7.05 Å². The van der Waals surface area contributed by atoms with Gasteiger partial charge in [0.15, 0.2) is 5.69 Å². The average Bonchev–Trinajstić information content (AvgIpc) is 3.49. The second-order valence-corrected chi connectivity index (χ2v) is 9.95. The van der Waals surface area contributed by atoms with E-state index in [1.165, 1.54) is 0 Å². The lowest BCUT2D eigenvalue weighted by atomic mass is 10.0. The Morgan fingerprint density at radius 1 is 1.14 bits per heavy atom. The summed E-state index contributed by atoms with van der Waals surface area (Å²) in [5, 5.41) is 5.11. The molecule has 0 aliphatic carbocycles. The first-order chi connectivity index (χ1) is 17.6. The summed E-state index contributed by atoms with van der Waals surface area (Å²) in [6, 6.07) is 8.99. The Labute approximate surface area is 220 Å². The molecule has 1 aliphatic heterocycles. The molecule has 0 spiro atoms. The maximum absolute atomic E-state index is 14.0. The third-order valence-corrected chi connectivity index (χ3v) is 6.64. The van der Waals surface area contributed by atoms with Crippen LogP contribution in [0.25, 0.3) is 11.4 Å². The molecule has 0 bridgehead atoms. The number of aromatic nitrogens is 6. The Kier molecular flexibility index (Phi) is 6.15. The van der Waals surface area contributed by atoms with E-state index in [9.17, 15) is 4.79 Å². The molecule has 1 aliphatic rings. The minimum atomic E-state index is -0.439. The molecule has 0 saturated carbocycles. The van der Waals surface area contributed by atoms with Crippen molar-refractivity contribution >= 4 is 29.3 Å². The Morgan fingerprint density at radius 3 is 2.41 bits per heavy atom. The van der Waals surface area contributed by atoms with Gasteiger partial charge in [-0.15, -0.1) is 0 Å². The Morgan fingerprint density at radius 2 is 1.84 bits per heavy atom. The number of methoxy groups -OCH3 is 1. The van der Waals surface area contributed by atoms with Crippen LogP contribution in [0.3, 0.4) is 0 Å². The number of anilines is 2. The summed E-state index contributed by atoms with van der Waals surface area (Å²) >= 11 is 6.22. The van der Waals surface area contributed by atoms with Gasteiger partial charge in [0, 0.05) is 44.5 Å². The van der Waals surface area contributed by atoms with Crippen molar-refractivity contribution in [3.05, 3.63) is 64.2 Å². The number of halogens is 1. The SMILES string of the molecule is COc1nc(N(C)C)ncc1-c1nc2c(n1C(C)C)C(c1ccc(Cl)cc1)N(c1cc(C)nn1C)C2=O. The van der Waals surface area contributed by atoms with Crippen LogP contribution in [-0.4, -0.2) is 56.4 Å². The predicted molar refractivity (Wildman–Crippen MR) is 143 cm³/mol. The number of rotatable bonds is 6.